The summed E-state index contributed by atoms with van der Waals surface area (Å²) >= 11 is 7.66. The minimum absolute atomic E-state index is 0.168. The largest absolute Gasteiger partial charge is 0.377 e. The van der Waals surface area contributed by atoms with Crippen LogP contribution in [0.1, 0.15) is 23.3 Å². The number of amides is 1. The monoisotopic (exact) mass is 389 g/mol. The molecule has 1 aliphatic rings. The van der Waals surface area contributed by atoms with Crippen LogP contribution in [-0.2, 0) is 16.1 Å². The molecule has 0 radical (unpaired) electrons. The van der Waals surface area contributed by atoms with Crippen molar-refractivity contribution in [2.24, 2.45) is 0 Å². The normalized spacial score (nSPS) is 16.6. The number of rotatable bonds is 7. The zero-order valence-electron chi connectivity index (χ0n) is 14.3. The van der Waals surface area contributed by atoms with Gasteiger partial charge in [0.25, 0.3) is 0 Å². The van der Waals surface area contributed by atoms with Crippen molar-refractivity contribution in [3.8, 4) is 6.07 Å². The highest BCUT2D eigenvalue weighted by atomic mass is 35.5. The summed E-state index contributed by atoms with van der Waals surface area (Å²) in [6.07, 6.45) is 2.26. The lowest BCUT2D eigenvalue weighted by Crippen LogP contribution is -2.37. The molecule has 2 heterocycles. The Morgan fingerprint density at radius 1 is 1.46 bits per heavy atom. The Labute approximate surface area is 162 Å². The molecule has 136 valence electrons. The molecule has 1 aromatic carbocycles. The second-order valence-electron chi connectivity index (χ2n) is 6.23. The van der Waals surface area contributed by atoms with E-state index >= 15 is 0 Å². The van der Waals surface area contributed by atoms with Gasteiger partial charge in [-0.05, 0) is 42.5 Å². The Bertz CT molecular complexity index is 783. The molecule has 1 amide bonds. The van der Waals surface area contributed by atoms with Gasteiger partial charge in [0.05, 0.1) is 23.9 Å². The fourth-order valence-corrected chi connectivity index (χ4v) is 3.91. The van der Waals surface area contributed by atoms with E-state index in [0.717, 1.165) is 19.4 Å². The molecular weight excluding hydrogens is 370 g/mol. The highest BCUT2D eigenvalue weighted by Gasteiger charge is 2.21. The van der Waals surface area contributed by atoms with E-state index in [2.05, 4.69) is 22.4 Å². The van der Waals surface area contributed by atoms with Gasteiger partial charge in [-0.15, -0.1) is 11.3 Å². The van der Waals surface area contributed by atoms with E-state index in [4.69, 9.17) is 16.3 Å². The molecule has 1 aromatic heterocycles. The van der Waals surface area contributed by atoms with Crippen LogP contribution in [0.5, 0.6) is 0 Å². The highest BCUT2D eigenvalue weighted by Crippen LogP contribution is 2.21. The number of benzene rings is 1. The fourth-order valence-electron chi connectivity index (χ4n) is 2.99. The van der Waals surface area contributed by atoms with Crippen LogP contribution in [-0.4, -0.2) is 36.6 Å². The molecule has 26 heavy (non-hydrogen) atoms. The SMILES string of the molecule is N#Cc1ccc(Cl)cc1NC(=O)CN(Cc1cccs1)CC1CCCO1. The molecule has 1 fully saturated rings. The lowest BCUT2D eigenvalue weighted by atomic mass is 10.2. The van der Waals surface area contributed by atoms with Gasteiger partial charge in [-0.25, -0.2) is 0 Å². The molecule has 1 aliphatic heterocycles. The van der Waals surface area contributed by atoms with Gasteiger partial charge in [0.15, 0.2) is 0 Å². The minimum Gasteiger partial charge on any atom is -0.377 e. The van der Waals surface area contributed by atoms with Gasteiger partial charge in [0, 0.05) is 29.6 Å². The maximum absolute atomic E-state index is 12.6. The van der Waals surface area contributed by atoms with Crippen molar-refractivity contribution >= 4 is 34.5 Å². The number of carbonyl (C=O) groups excluding carboxylic acids is 1. The molecule has 0 saturated carbocycles. The van der Waals surface area contributed by atoms with Crippen molar-refractivity contribution in [2.45, 2.75) is 25.5 Å². The molecule has 5 nitrogen and oxygen atoms in total. The van der Waals surface area contributed by atoms with E-state index < -0.39 is 0 Å². The molecule has 7 heteroatoms. The van der Waals surface area contributed by atoms with E-state index in [0.29, 0.717) is 29.4 Å². The number of nitrogens with zero attached hydrogens (tertiary/aromatic N) is 2. The number of hydrogen-bond acceptors (Lipinski definition) is 5. The summed E-state index contributed by atoms with van der Waals surface area (Å²) in [7, 11) is 0. The first-order chi connectivity index (χ1) is 12.6. The van der Waals surface area contributed by atoms with E-state index in [-0.39, 0.29) is 18.6 Å². The van der Waals surface area contributed by atoms with Crippen LogP contribution in [0.4, 0.5) is 5.69 Å². The topological polar surface area (TPSA) is 65.4 Å². The lowest BCUT2D eigenvalue weighted by Gasteiger charge is -2.24. The Balaban J connectivity index is 1.66. The summed E-state index contributed by atoms with van der Waals surface area (Å²) in [6, 6.07) is 11.0. The maximum atomic E-state index is 12.6. The third-order valence-electron chi connectivity index (χ3n) is 4.19. The standard InChI is InChI=1S/C19H20ClN3O2S/c20-15-6-5-14(10-21)18(9-15)22-19(24)13-23(11-16-3-1-7-25-16)12-17-4-2-8-26-17/h2,4-6,8-9,16H,1,3,7,11-13H2,(H,22,24). The third-order valence-corrected chi connectivity index (χ3v) is 5.28. The minimum atomic E-state index is -0.168. The van der Waals surface area contributed by atoms with Gasteiger partial charge in [-0.1, -0.05) is 17.7 Å². The van der Waals surface area contributed by atoms with Crippen LogP contribution in [0.15, 0.2) is 35.7 Å². The summed E-state index contributed by atoms with van der Waals surface area (Å²) in [5.74, 6) is -0.168. The number of nitrogens with one attached hydrogen (secondary N) is 1. The average Bonchev–Trinajstić information content (AvgIpc) is 3.29. The molecule has 3 rings (SSSR count). The van der Waals surface area contributed by atoms with E-state index in [9.17, 15) is 10.1 Å². The number of anilines is 1. The Morgan fingerprint density at radius 2 is 2.35 bits per heavy atom. The molecule has 0 bridgehead atoms. The Hall–Kier alpha value is -1.91. The fraction of sp³-hybridized carbons (Fsp3) is 0.368. The zero-order chi connectivity index (χ0) is 18.4. The summed E-state index contributed by atoms with van der Waals surface area (Å²) in [6.45, 7) is 2.43. The van der Waals surface area contributed by atoms with E-state index in [1.807, 2.05) is 11.4 Å². The second kappa shape index (κ2) is 9.15. The van der Waals surface area contributed by atoms with E-state index in [1.165, 1.54) is 4.88 Å². The van der Waals surface area contributed by atoms with Crippen LogP contribution in [0.25, 0.3) is 0 Å². The summed E-state index contributed by atoms with van der Waals surface area (Å²) in [4.78, 5) is 15.9. The van der Waals surface area contributed by atoms with Gasteiger partial charge >= 0.3 is 0 Å². The lowest BCUT2D eigenvalue weighted by molar-refractivity contribution is -0.117. The van der Waals surface area contributed by atoms with Crippen molar-refractivity contribution in [1.82, 2.24) is 4.90 Å². The Morgan fingerprint density at radius 3 is 3.04 bits per heavy atom. The smallest absolute Gasteiger partial charge is 0.238 e. The van der Waals surface area contributed by atoms with Crippen LogP contribution in [0.3, 0.4) is 0 Å². The van der Waals surface area contributed by atoms with Gasteiger partial charge in [0.2, 0.25) is 5.91 Å². The Kier molecular flexibility index (Phi) is 6.64. The highest BCUT2D eigenvalue weighted by molar-refractivity contribution is 7.09. The van der Waals surface area contributed by atoms with Crippen molar-refractivity contribution in [2.75, 3.05) is 25.0 Å². The molecule has 1 unspecified atom stereocenters. The van der Waals surface area contributed by atoms with Crippen molar-refractivity contribution < 1.29 is 9.53 Å². The summed E-state index contributed by atoms with van der Waals surface area (Å²) in [5.41, 5.74) is 0.838. The average molecular weight is 390 g/mol. The summed E-state index contributed by atoms with van der Waals surface area (Å²) in [5, 5.41) is 14.5. The van der Waals surface area contributed by atoms with Crippen molar-refractivity contribution in [3.63, 3.8) is 0 Å². The number of nitriles is 1. The first kappa shape index (κ1) is 18.9. The number of ether oxygens (including phenoxy) is 1. The van der Waals surface area contributed by atoms with Crippen LogP contribution >= 0.6 is 22.9 Å². The summed E-state index contributed by atoms with van der Waals surface area (Å²) < 4.78 is 5.72. The van der Waals surface area contributed by atoms with Crippen molar-refractivity contribution in [1.29, 1.82) is 5.26 Å². The first-order valence-electron chi connectivity index (χ1n) is 8.50. The number of hydrogen-bond donors (Lipinski definition) is 1. The molecule has 1 saturated heterocycles. The van der Waals surface area contributed by atoms with Gasteiger partial charge in [-0.2, -0.15) is 5.26 Å². The van der Waals surface area contributed by atoms with Crippen LogP contribution in [0, 0.1) is 11.3 Å². The van der Waals surface area contributed by atoms with Crippen LogP contribution in [0.2, 0.25) is 5.02 Å². The maximum Gasteiger partial charge on any atom is 0.238 e. The molecule has 0 aliphatic carbocycles. The zero-order valence-corrected chi connectivity index (χ0v) is 15.9. The first-order valence-corrected chi connectivity index (χ1v) is 9.75. The second-order valence-corrected chi connectivity index (χ2v) is 7.70. The molecule has 1 N–H and O–H groups in total. The predicted octanol–water partition coefficient (Wildman–Crippen LogP) is 3.89. The molecule has 1 atom stereocenters. The molecule has 0 spiro atoms. The van der Waals surface area contributed by atoms with E-state index in [1.54, 1.807) is 29.5 Å². The number of carbonyl (C=O) groups is 1. The predicted molar refractivity (Wildman–Crippen MR) is 103 cm³/mol. The van der Waals surface area contributed by atoms with Gasteiger partial charge in [-0.3, -0.25) is 9.69 Å². The molecular formula is C19H20ClN3O2S. The quantitative estimate of drug-likeness (QED) is 0.780. The van der Waals surface area contributed by atoms with Crippen LogP contribution < -0.4 is 5.32 Å². The van der Waals surface area contributed by atoms with Gasteiger partial charge < -0.3 is 10.1 Å². The van der Waals surface area contributed by atoms with Gasteiger partial charge in [0.1, 0.15) is 6.07 Å². The molecule has 2 aromatic rings. The number of halogens is 1. The third kappa shape index (κ3) is 5.29. The number of thiophene rings is 1. The van der Waals surface area contributed by atoms with Crippen molar-refractivity contribution in [3.05, 3.63) is 51.2 Å².